The van der Waals surface area contributed by atoms with Crippen LogP contribution in [0.1, 0.15) is 31.9 Å². The van der Waals surface area contributed by atoms with Crippen molar-refractivity contribution in [3.8, 4) is 29.1 Å². The smallest absolute Gasteiger partial charge is 0.308 e. The van der Waals surface area contributed by atoms with Crippen molar-refractivity contribution in [2.24, 2.45) is 0 Å². The third kappa shape index (κ3) is 5.27. The predicted octanol–water partition coefficient (Wildman–Crippen LogP) is 4.48. The van der Waals surface area contributed by atoms with Gasteiger partial charge in [-0.05, 0) is 61.4 Å². The van der Waals surface area contributed by atoms with Gasteiger partial charge in [-0.1, -0.05) is 6.07 Å². The summed E-state index contributed by atoms with van der Waals surface area (Å²) in [6.45, 7) is 6.12. The van der Waals surface area contributed by atoms with Gasteiger partial charge in [-0.3, -0.25) is 4.79 Å². The van der Waals surface area contributed by atoms with Crippen molar-refractivity contribution in [3.05, 3.63) is 47.5 Å². The zero-order chi connectivity index (χ0) is 20.5. The molecule has 0 atom stereocenters. The molecule has 6 nitrogen and oxygen atoms in total. The molecule has 2 rings (SSSR count). The summed E-state index contributed by atoms with van der Waals surface area (Å²) in [5.74, 6) is 1.52. The summed E-state index contributed by atoms with van der Waals surface area (Å²) in [6.07, 6.45) is 1.73. The number of rotatable bonds is 8. The molecule has 0 bridgehead atoms. The Kier molecular flexibility index (Phi) is 7.46. The van der Waals surface area contributed by atoms with Gasteiger partial charge in [0.05, 0.1) is 32.0 Å². The second-order valence-electron chi connectivity index (χ2n) is 5.70. The number of esters is 1. The van der Waals surface area contributed by atoms with E-state index in [-0.39, 0.29) is 0 Å². The van der Waals surface area contributed by atoms with Crippen LogP contribution in [-0.2, 0) is 4.79 Å². The molecule has 0 aromatic heterocycles. The lowest BCUT2D eigenvalue weighted by atomic mass is 10.0. The highest BCUT2D eigenvalue weighted by atomic mass is 16.6. The van der Waals surface area contributed by atoms with Crippen LogP contribution in [0.15, 0.2) is 36.4 Å². The van der Waals surface area contributed by atoms with E-state index in [9.17, 15) is 10.1 Å². The Morgan fingerprint density at radius 2 is 1.68 bits per heavy atom. The molecule has 0 heterocycles. The third-order valence-corrected chi connectivity index (χ3v) is 3.73. The minimum absolute atomic E-state index is 0.324. The average Bonchev–Trinajstić information content (AvgIpc) is 2.68. The van der Waals surface area contributed by atoms with Gasteiger partial charge in [0.2, 0.25) is 0 Å². The van der Waals surface area contributed by atoms with Crippen molar-refractivity contribution in [3.63, 3.8) is 0 Å². The first-order chi connectivity index (χ1) is 13.5. The fraction of sp³-hybridized carbons (Fsp3) is 0.273. The van der Waals surface area contributed by atoms with Crippen LogP contribution in [0.3, 0.4) is 0 Å². The van der Waals surface area contributed by atoms with Crippen LogP contribution in [-0.4, -0.2) is 26.3 Å². The molecular formula is C22H23NO5. The zero-order valence-corrected chi connectivity index (χ0v) is 16.4. The van der Waals surface area contributed by atoms with E-state index < -0.39 is 5.97 Å². The van der Waals surface area contributed by atoms with Crippen molar-refractivity contribution >= 4 is 17.6 Å². The number of carbonyl (C=O) groups is 1. The highest BCUT2D eigenvalue weighted by Gasteiger charge is 2.11. The Morgan fingerprint density at radius 3 is 2.29 bits per heavy atom. The van der Waals surface area contributed by atoms with E-state index in [2.05, 4.69) is 6.07 Å². The van der Waals surface area contributed by atoms with Crippen molar-refractivity contribution in [1.29, 1.82) is 5.26 Å². The number of benzene rings is 2. The molecule has 0 N–H and O–H groups in total. The maximum atomic E-state index is 11.2. The van der Waals surface area contributed by atoms with E-state index in [4.69, 9.17) is 18.9 Å². The molecule has 28 heavy (non-hydrogen) atoms. The minimum atomic E-state index is -0.433. The van der Waals surface area contributed by atoms with E-state index in [1.54, 1.807) is 36.4 Å². The monoisotopic (exact) mass is 381 g/mol. The standard InChI is InChI=1S/C22H23NO5/c1-5-26-19-10-8-17(13-22(19)27-6-2)18(14-23)11-16-7-9-20(28-15(3)24)21(12-16)25-4/h7-13H,5-6H2,1-4H3. The van der Waals surface area contributed by atoms with E-state index in [0.717, 1.165) is 5.56 Å². The molecule has 0 saturated carbocycles. The van der Waals surface area contributed by atoms with Crippen molar-refractivity contribution < 1.29 is 23.7 Å². The summed E-state index contributed by atoms with van der Waals surface area (Å²) in [5.41, 5.74) is 1.89. The number of nitriles is 1. The molecule has 0 spiro atoms. The minimum Gasteiger partial charge on any atom is -0.493 e. The Morgan fingerprint density at radius 1 is 1.00 bits per heavy atom. The van der Waals surface area contributed by atoms with Crippen LogP contribution >= 0.6 is 0 Å². The highest BCUT2D eigenvalue weighted by Crippen LogP contribution is 2.33. The summed E-state index contributed by atoms with van der Waals surface area (Å²) >= 11 is 0. The van der Waals surface area contributed by atoms with Gasteiger partial charge in [-0.15, -0.1) is 0 Å². The number of ether oxygens (including phenoxy) is 4. The first-order valence-electron chi connectivity index (χ1n) is 8.90. The average molecular weight is 381 g/mol. The molecule has 0 aliphatic carbocycles. The zero-order valence-electron chi connectivity index (χ0n) is 16.4. The molecule has 146 valence electrons. The van der Waals surface area contributed by atoms with Gasteiger partial charge < -0.3 is 18.9 Å². The number of allylic oxidation sites excluding steroid dienone is 1. The molecule has 0 radical (unpaired) electrons. The number of nitrogens with zero attached hydrogens (tertiary/aromatic N) is 1. The van der Waals surface area contributed by atoms with Crippen LogP contribution in [0.5, 0.6) is 23.0 Å². The second-order valence-corrected chi connectivity index (χ2v) is 5.70. The van der Waals surface area contributed by atoms with Gasteiger partial charge in [0.25, 0.3) is 0 Å². The quantitative estimate of drug-likeness (QED) is 0.290. The lowest BCUT2D eigenvalue weighted by Crippen LogP contribution is -2.03. The van der Waals surface area contributed by atoms with Gasteiger partial charge in [-0.25, -0.2) is 0 Å². The van der Waals surface area contributed by atoms with Crippen LogP contribution in [0.2, 0.25) is 0 Å². The number of carbonyl (C=O) groups excluding carboxylic acids is 1. The summed E-state index contributed by atoms with van der Waals surface area (Å²) in [5, 5.41) is 9.64. The molecule has 2 aromatic carbocycles. The van der Waals surface area contributed by atoms with Gasteiger partial charge in [-0.2, -0.15) is 5.26 Å². The van der Waals surface area contributed by atoms with Crippen LogP contribution in [0, 0.1) is 11.3 Å². The van der Waals surface area contributed by atoms with Gasteiger partial charge in [0.1, 0.15) is 0 Å². The molecule has 0 saturated heterocycles. The molecule has 6 heteroatoms. The fourth-order valence-corrected chi connectivity index (χ4v) is 2.58. The highest BCUT2D eigenvalue weighted by molar-refractivity contribution is 5.90. The second kappa shape index (κ2) is 10.0. The Bertz CT molecular complexity index is 912. The van der Waals surface area contributed by atoms with Crippen LogP contribution in [0.25, 0.3) is 11.6 Å². The summed E-state index contributed by atoms with van der Waals surface area (Å²) in [6, 6.07) is 12.7. The van der Waals surface area contributed by atoms with Crippen molar-refractivity contribution in [2.45, 2.75) is 20.8 Å². The molecule has 0 amide bonds. The van der Waals surface area contributed by atoms with Crippen LogP contribution < -0.4 is 18.9 Å². The SMILES string of the molecule is CCOc1ccc(C(C#N)=Cc2ccc(OC(C)=O)c(OC)c2)cc1OCC. The predicted molar refractivity (Wildman–Crippen MR) is 107 cm³/mol. The summed E-state index contributed by atoms with van der Waals surface area (Å²) in [4.78, 5) is 11.2. The normalized spacial score (nSPS) is 10.8. The number of hydrogen-bond donors (Lipinski definition) is 0. The number of methoxy groups -OCH3 is 1. The molecule has 0 aliphatic rings. The van der Waals surface area contributed by atoms with Gasteiger partial charge >= 0.3 is 5.97 Å². The van der Waals surface area contributed by atoms with Crippen molar-refractivity contribution in [2.75, 3.05) is 20.3 Å². The Hall–Kier alpha value is -3.46. The van der Waals surface area contributed by atoms with E-state index in [1.807, 2.05) is 19.9 Å². The number of hydrogen-bond acceptors (Lipinski definition) is 6. The fourth-order valence-electron chi connectivity index (χ4n) is 2.58. The van der Waals surface area contributed by atoms with Gasteiger partial charge in [0, 0.05) is 6.92 Å². The van der Waals surface area contributed by atoms with E-state index in [1.165, 1.54) is 14.0 Å². The van der Waals surface area contributed by atoms with Crippen molar-refractivity contribution in [1.82, 2.24) is 0 Å². The van der Waals surface area contributed by atoms with Gasteiger partial charge in [0.15, 0.2) is 23.0 Å². The maximum Gasteiger partial charge on any atom is 0.308 e. The topological polar surface area (TPSA) is 77.8 Å². The molecule has 0 aliphatic heterocycles. The lowest BCUT2D eigenvalue weighted by Gasteiger charge is -2.12. The largest absolute Gasteiger partial charge is 0.493 e. The van der Waals surface area contributed by atoms with E-state index >= 15 is 0 Å². The van der Waals surface area contributed by atoms with E-state index in [0.29, 0.717) is 47.3 Å². The molecule has 0 fully saturated rings. The Labute approximate surface area is 164 Å². The molecule has 2 aromatic rings. The maximum absolute atomic E-state index is 11.2. The third-order valence-electron chi connectivity index (χ3n) is 3.73. The summed E-state index contributed by atoms with van der Waals surface area (Å²) < 4.78 is 21.6. The Balaban J connectivity index is 2.42. The first-order valence-corrected chi connectivity index (χ1v) is 8.90. The molecule has 0 unspecified atom stereocenters. The van der Waals surface area contributed by atoms with Crippen LogP contribution in [0.4, 0.5) is 0 Å². The summed E-state index contributed by atoms with van der Waals surface area (Å²) in [7, 11) is 1.49. The molecular weight excluding hydrogens is 358 g/mol. The lowest BCUT2D eigenvalue weighted by molar-refractivity contribution is -0.132. The first kappa shape index (κ1) is 20.8.